The number of carboxylic acid groups (broad SMARTS) is 1. The van der Waals surface area contributed by atoms with Crippen molar-refractivity contribution in [2.24, 2.45) is 0 Å². The van der Waals surface area contributed by atoms with E-state index in [1.807, 2.05) is 72.8 Å². The average molecular weight is 496 g/mol. The number of aliphatic carboxylic acids is 1. The third-order valence-electron chi connectivity index (χ3n) is 6.74. The van der Waals surface area contributed by atoms with Crippen molar-refractivity contribution >= 4 is 5.97 Å². The van der Waals surface area contributed by atoms with Crippen molar-refractivity contribution in [1.82, 2.24) is 4.90 Å². The molecule has 0 aliphatic heterocycles. The van der Waals surface area contributed by atoms with Crippen LogP contribution in [0.25, 0.3) is 11.1 Å². The van der Waals surface area contributed by atoms with Gasteiger partial charge >= 0.3 is 5.97 Å². The van der Waals surface area contributed by atoms with Crippen LogP contribution in [0.5, 0.6) is 11.5 Å². The smallest absolute Gasteiger partial charge is 0.305 e. The third-order valence-corrected chi connectivity index (χ3v) is 6.74. The van der Waals surface area contributed by atoms with E-state index in [-0.39, 0.29) is 18.5 Å². The van der Waals surface area contributed by atoms with Gasteiger partial charge < -0.3 is 14.6 Å². The normalized spacial score (nSPS) is 12.6. The lowest BCUT2D eigenvalue weighted by molar-refractivity contribution is -0.138. The molecule has 0 amide bonds. The highest BCUT2D eigenvalue weighted by molar-refractivity contribution is 5.70. The lowest BCUT2D eigenvalue weighted by Crippen LogP contribution is -2.32. The first-order valence-corrected chi connectivity index (χ1v) is 12.4. The van der Waals surface area contributed by atoms with Crippen LogP contribution in [0.1, 0.15) is 42.1 Å². The molecule has 190 valence electrons. The summed E-state index contributed by atoms with van der Waals surface area (Å²) < 4.78 is 10.9. The van der Waals surface area contributed by atoms with Crippen LogP contribution in [0.4, 0.5) is 0 Å². The van der Waals surface area contributed by atoms with E-state index in [0.717, 1.165) is 27.8 Å². The number of carboxylic acids is 1. The average Bonchev–Trinajstić information content (AvgIpc) is 2.95. The molecule has 0 radical (unpaired) electrons. The maximum atomic E-state index is 12.2. The Morgan fingerprint density at radius 1 is 0.757 bits per heavy atom. The van der Waals surface area contributed by atoms with Gasteiger partial charge in [-0.15, -0.1) is 0 Å². The second-order valence-corrected chi connectivity index (χ2v) is 9.05. The van der Waals surface area contributed by atoms with Gasteiger partial charge in [0.15, 0.2) is 11.5 Å². The largest absolute Gasteiger partial charge is 0.493 e. The van der Waals surface area contributed by atoms with Crippen molar-refractivity contribution in [1.29, 1.82) is 0 Å². The molecule has 0 saturated carbocycles. The third kappa shape index (κ3) is 6.38. The van der Waals surface area contributed by atoms with Crippen molar-refractivity contribution in [3.05, 3.63) is 120 Å². The lowest BCUT2D eigenvalue weighted by Gasteiger charge is -2.37. The summed E-state index contributed by atoms with van der Waals surface area (Å²) in [6.45, 7) is 2.76. The minimum atomic E-state index is -0.833. The van der Waals surface area contributed by atoms with Gasteiger partial charge in [0.05, 0.1) is 20.6 Å². The van der Waals surface area contributed by atoms with Crippen LogP contribution in [-0.2, 0) is 11.3 Å². The van der Waals surface area contributed by atoms with Crippen LogP contribution in [0, 0.1) is 0 Å². The highest BCUT2D eigenvalue weighted by atomic mass is 16.5. The molecule has 0 aliphatic carbocycles. The second kappa shape index (κ2) is 12.2. The van der Waals surface area contributed by atoms with Crippen molar-refractivity contribution in [2.45, 2.75) is 32.0 Å². The maximum Gasteiger partial charge on any atom is 0.305 e. The van der Waals surface area contributed by atoms with Crippen molar-refractivity contribution in [2.75, 3.05) is 14.2 Å². The number of ether oxygens (including phenoxy) is 2. The van der Waals surface area contributed by atoms with E-state index in [4.69, 9.17) is 9.47 Å². The Hall–Kier alpha value is -4.09. The topological polar surface area (TPSA) is 59.0 Å². The standard InChI is InChI=1S/C32H33NO4/c1-23(25-13-8-5-9-14-25)33(22-24-11-6-4-7-12-24)29(21-32(34)35)28-16-10-15-26(19-28)27-17-18-30(36-2)31(20-27)37-3/h4-20,23,29H,21-22H2,1-3H3,(H,34,35)/t23-,29?/m1/s1. The minimum absolute atomic E-state index is 0.00417. The maximum absolute atomic E-state index is 12.2. The van der Waals surface area contributed by atoms with E-state index in [0.29, 0.717) is 18.0 Å². The number of benzene rings is 4. The molecule has 0 fully saturated rings. The van der Waals surface area contributed by atoms with E-state index in [2.05, 4.69) is 42.2 Å². The van der Waals surface area contributed by atoms with Gasteiger partial charge in [0, 0.05) is 18.6 Å². The molecule has 0 saturated heterocycles. The number of hydrogen-bond donors (Lipinski definition) is 1. The van der Waals surface area contributed by atoms with Gasteiger partial charge in [0.25, 0.3) is 0 Å². The first kappa shape index (κ1) is 26.0. The Bertz CT molecular complexity index is 1310. The summed E-state index contributed by atoms with van der Waals surface area (Å²) >= 11 is 0. The molecule has 37 heavy (non-hydrogen) atoms. The van der Waals surface area contributed by atoms with Crippen molar-refractivity contribution in [3.63, 3.8) is 0 Å². The van der Waals surface area contributed by atoms with E-state index in [9.17, 15) is 9.90 Å². The molecule has 4 rings (SSSR count). The van der Waals surface area contributed by atoms with Gasteiger partial charge in [-0.25, -0.2) is 0 Å². The van der Waals surface area contributed by atoms with Gasteiger partial charge in [-0.3, -0.25) is 9.69 Å². The highest BCUT2D eigenvalue weighted by Gasteiger charge is 2.28. The summed E-state index contributed by atoms with van der Waals surface area (Å²) in [6.07, 6.45) is -0.0145. The molecule has 1 unspecified atom stereocenters. The Morgan fingerprint density at radius 2 is 1.38 bits per heavy atom. The van der Waals surface area contributed by atoms with E-state index in [1.54, 1.807) is 14.2 Å². The second-order valence-electron chi connectivity index (χ2n) is 9.05. The van der Waals surface area contributed by atoms with E-state index in [1.165, 1.54) is 0 Å². The summed E-state index contributed by atoms with van der Waals surface area (Å²) in [5, 5.41) is 9.97. The lowest BCUT2D eigenvalue weighted by atomic mass is 9.94. The molecule has 0 aromatic heterocycles. The predicted octanol–water partition coefficient (Wildman–Crippen LogP) is 7.15. The number of rotatable bonds is 11. The SMILES string of the molecule is COc1ccc(-c2cccc(C(CC(=O)O)N(Cc3ccccc3)[C@H](C)c3ccccc3)c2)cc1OC. The van der Waals surface area contributed by atoms with Crippen LogP contribution in [0.2, 0.25) is 0 Å². The monoisotopic (exact) mass is 495 g/mol. The van der Waals surface area contributed by atoms with Crippen LogP contribution in [-0.4, -0.2) is 30.2 Å². The molecule has 4 aromatic carbocycles. The Labute approximate surface area is 218 Å². The zero-order valence-corrected chi connectivity index (χ0v) is 21.5. The summed E-state index contributed by atoms with van der Waals surface area (Å²) in [7, 11) is 3.23. The Kier molecular flexibility index (Phi) is 8.60. The van der Waals surface area contributed by atoms with Gasteiger partial charge in [0.2, 0.25) is 0 Å². The predicted molar refractivity (Wildman–Crippen MR) is 147 cm³/mol. The zero-order chi connectivity index (χ0) is 26.2. The van der Waals surface area contributed by atoms with Gasteiger partial charge in [-0.2, -0.15) is 0 Å². The molecule has 0 heterocycles. The molecule has 0 bridgehead atoms. The van der Waals surface area contributed by atoms with Gasteiger partial charge in [-0.05, 0) is 52.9 Å². The number of hydrogen-bond acceptors (Lipinski definition) is 4. The molecule has 5 nitrogen and oxygen atoms in total. The van der Waals surface area contributed by atoms with E-state index >= 15 is 0 Å². The molecular weight excluding hydrogens is 462 g/mol. The van der Waals surface area contributed by atoms with Crippen molar-refractivity contribution < 1.29 is 19.4 Å². The van der Waals surface area contributed by atoms with Gasteiger partial charge in [-0.1, -0.05) is 84.9 Å². The highest BCUT2D eigenvalue weighted by Crippen LogP contribution is 2.37. The zero-order valence-electron chi connectivity index (χ0n) is 21.5. The fourth-order valence-corrected chi connectivity index (χ4v) is 4.77. The fraction of sp³-hybridized carbons (Fsp3) is 0.219. The quantitative estimate of drug-likeness (QED) is 0.239. The number of methoxy groups -OCH3 is 2. The fourth-order valence-electron chi connectivity index (χ4n) is 4.77. The molecule has 4 aromatic rings. The van der Waals surface area contributed by atoms with Crippen LogP contribution >= 0.6 is 0 Å². The molecule has 0 aliphatic rings. The minimum Gasteiger partial charge on any atom is -0.493 e. The van der Waals surface area contributed by atoms with Crippen molar-refractivity contribution in [3.8, 4) is 22.6 Å². The van der Waals surface area contributed by atoms with Gasteiger partial charge in [0.1, 0.15) is 0 Å². The van der Waals surface area contributed by atoms with Crippen LogP contribution in [0.3, 0.4) is 0 Å². The summed E-state index contributed by atoms with van der Waals surface area (Å²) in [4.78, 5) is 14.4. The molecule has 0 spiro atoms. The summed E-state index contributed by atoms with van der Waals surface area (Å²) in [5.74, 6) is 0.479. The van der Waals surface area contributed by atoms with E-state index < -0.39 is 5.97 Å². The number of nitrogens with zero attached hydrogens (tertiary/aromatic N) is 1. The Morgan fingerprint density at radius 3 is 2.03 bits per heavy atom. The Balaban J connectivity index is 1.78. The molecule has 2 atom stereocenters. The van der Waals surface area contributed by atoms with Crippen LogP contribution < -0.4 is 9.47 Å². The molecule has 1 N–H and O–H groups in total. The first-order chi connectivity index (χ1) is 18.0. The van der Waals surface area contributed by atoms with Crippen LogP contribution in [0.15, 0.2) is 103 Å². The summed E-state index contributed by atoms with van der Waals surface area (Å²) in [5.41, 5.74) is 5.19. The number of carbonyl (C=O) groups is 1. The molecule has 5 heteroatoms. The molecular formula is C32H33NO4. The first-order valence-electron chi connectivity index (χ1n) is 12.4. The summed E-state index contributed by atoms with van der Waals surface area (Å²) in [6, 6.07) is 34.0.